The van der Waals surface area contributed by atoms with Crippen LogP contribution in [0.4, 0.5) is 0 Å². The van der Waals surface area contributed by atoms with Crippen LogP contribution >= 0.6 is 25.3 Å². The van der Waals surface area contributed by atoms with Crippen molar-refractivity contribution in [1.82, 2.24) is 4.90 Å². The zero-order valence-electron chi connectivity index (χ0n) is 6.81. The number of carbonyl (C=O) groups excluding carboxylic acids is 1. The number of rotatable bonds is 2. The molecule has 1 fully saturated rings. The van der Waals surface area contributed by atoms with Gasteiger partial charge in [-0.2, -0.15) is 0 Å². The maximum Gasteiger partial charge on any atom is 0.220 e. The van der Waals surface area contributed by atoms with Crippen LogP contribution in [-0.2, 0) is 4.79 Å². The van der Waals surface area contributed by atoms with E-state index < -0.39 is 0 Å². The molecule has 0 aromatic heterocycles. The number of primary amides is 1. The number of nitrogens with two attached hydrogens (primary N) is 1. The van der Waals surface area contributed by atoms with E-state index in [-0.39, 0.29) is 16.5 Å². The number of hydrogen-bond donors (Lipinski definition) is 3. The summed E-state index contributed by atoms with van der Waals surface area (Å²) in [5.41, 5.74) is 5.19. The van der Waals surface area contributed by atoms with Crippen molar-refractivity contribution in [2.75, 3.05) is 13.1 Å². The molecule has 1 amide bonds. The third kappa shape index (κ3) is 2.57. The van der Waals surface area contributed by atoms with Crippen molar-refractivity contribution in [1.29, 1.82) is 0 Å². The molecule has 1 heterocycles. The van der Waals surface area contributed by atoms with E-state index >= 15 is 0 Å². The van der Waals surface area contributed by atoms with Crippen molar-refractivity contribution in [3.05, 3.63) is 0 Å². The van der Waals surface area contributed by atoms with Gasteiger partial charge in [0.05, 0.1) is 4.71 Å². The first-order valence-electron chi connectivity index (χ1n) is 4.01. The summed E-state index contributed by atoms with van der Waals surface area (Å²) in [5, 5.41) is 0. The molecule has 0 bridgehead atoms. The van der Waals surface area contributed by atoms with Gasteiger partial charge in [-0.15, -0.1) is 25.3 Å². The number of carbonyl (C=O) groups is 1. The van der Waals surface area contributed by atoms with Crippen molar-refractivity contribution >= 4 is 31.2 Å². The van der Waals surface area contributed by atoms with Gasteiger partial charge in [0, 0.05) is 19.0 Å². The standard InChI is InChI=1S/C7H14N2OS2/c8-6(10)5-1-3-9(4-2-5)7(11)12/h5,7,11-12H,1-4H2,(H2,8,10). The lowest BCUT2D eigenvalue weighted by Gasteiger charge is -2.32. The van der Waals surface area contributed by atoms with Crippen molar-refractivity contribution in [2.24, 2.45) is 11.7 Å². The van der Waals surface area contributed by atoms with Gasteiger partial charge in [-0.25, -0.2) is 0 Å². The minimum atomic E-state index is -0.176. The molecular formula is C7H14N2OS2. The molecule has 0 atom stereocenters. The second-order valence-electron chi connectivity index (χ2n) is 3.06. The lowest BCUT2D eigenvalue weighted by molar-refractivity contribution is -0.123. The van der Waals surface area contributed by atoms with Gasteiger partial charge < -0.3 is 5.73 Å². The molecule has 0 aromatic rings. The molecule has 0 unspecified atom stereocenters. The van der Waals surface area contributed by atoms with Crippen LogP contribution in [0.15, 0.2) is 0 Å². The van der Waals surface area contributed by atoms with Gasteiger partial charge in [0.25, 0.3) is 0 Å². The molecule has 1 rings (SSSR count). The van der Waals surface area contributed by atoms with Gasteiger partial charge >= 0.3 is 0 Å². The maximum atomic E-state index is 10.8. The lowest BCUT2D eigenvalue weighted by Crippen LogP contribution is -2.40. The zero-order valence-corrected chi connectivity index (χ0v) is 8.60. The molecule has 1 saturated heterocycles. The van der Waals surface area contributed by atoms with E-state index in [1.165, 1.54) is 0 Å². The molecule has 0 aromatic carbocycles. The lowest BCUT2D eigenvalue weighted by atomic mass is 9.97. The van der Waals surface area contributed by atoms with Crippen molar-refractivity contribution in [3.8, 4) is 0 Å². The van der Waals surface area contributed by atoms with Crippen LogP contribution in [0.5, 0.6) is 0 Å². The Morgan fingerprint density at radius 1 is 1.42 bits per heavy atom. The first-order chi connectivity index (χ1) is 5.61. The fourth-order valence-corrected chi connectivity index (χ4v) is 1.88. The normalized spacial score (nSPS) is 21.6. The summed E-state index contributed by atoms with van der Waals surface area (Å²) in [7, 11) is 0. The highest BCUT2D eigenvalue weighted by molar-refractivity contribution is 7.99. The van der Waals surface area contributed by atoms with Crippen LogP contribution in [0.2, 0.25) is 0 Å². The van der Waals surface area contributed by atoms with E-state index in [1.807, 2.05) is 0 Å². The SMILES string of the molecule is NC(=O)C1CCN(C(S)S)CC1. The predicted octanol–water partition coefficient (Wildman–Crippen LogP) is 0.327. The van der Waals surface area contributed by atoms with Gasteiger partial charge in [-0.1, -0.05) is 0 Å². The Labute approximate surface area is 83.5 Å². The zero-order chi connectivity index (χ0) is 9.14. The summed E-state index contributed by atoms with van der Waals surface area (Å²) in [6.45, 7) is 1.73. The average Bonchev–Trinajstić information content (AvgIpc) is 2.04. The van der Waals surface area contributed by atoms with Gasteiger partial charge in [-0.3, -0.25) is 9.69 Å². The van der Waals surface area contributed by atoms with Crippen molar-refractivity contribution in [3.63, 3.8) is 0 Å². The van der Waals surface area contributed by atoms with Crippen molar-refractivity contribution < 1.29 is 4.79 Å². The highest BCUT2D eigenvalue weighted by Crippen LogP contribution is 2.20. The predicted molar refractivity (Wildman–Crippen MR) is 55.3 cm³/mol. The van der Waals surface area contributed by atoms with Crippen LogP contribution in [0.3, 0.4) is 0 Å². The number of thiol groups is 2. The molecular weight excluding hydrogens is 192 g/mol. The van der Waals surface area contributed by atoms with Crippen LogP contribution in [0, 0.1) is 5.92 Å². The quantitative estimate of drug-likeness (QED) is 0.450. The number of amides is 1. The summed E-state index contributed by atoms with van der Waals surface area (Å²) >= 11 is 8.39. The molecule has 0 spiro atoms. The van der Waals surface area contributed by atoms with E-state index in [2.05, 4.69) is 30.2 Å². The van der Waals surface area contributed by atoms with E-state index in [4.69, 9.17) is 5.73 Å². The Balaban J connectivity index is 2.34. The number of hydrogen-bond acceptors (Lipinski definition) is 4. The summed E-state index contributed by atoms with van der Waals surface area (Å²) in [4.78, 5) is 12.9. The van der Waals surface area contributed by atoms with E-state index in [1.54, 1.807) is 0 Å². The monoisotopic (exact) mass is 206 g/mol. The highest BCUT2D eigenvalue weighted by Gasteiger charge is 2.24. The number of likely N-dealkylation sites (tertiary alicyclic amines) is 1. The first kappa shape index (κ1) is 10.2. The largest absolute Gasteiger partial charge is 0.369 e. The molecule has 0 aliphatic carbocycles. The molecule has 0 saturated carbocycles. The van der Waals surface area contributed by atoms with Crippen LogP contribution in [-0.4, -0.2) is 28.6 Å². The Hall–Kier alpha value is 0.130. The first-order valence-corrected chi connectivity index (χ1v) is 5.04. The van der Waals surface area contributed by atoms with E-state index in [9.17, 15) is 4.79 Å². The maximum absolute atomic E-state index is 10.8. The summed E-state index contributed by atoms with van der Waals surface area (Å²) in [5.74, 6) is -0.119. The van der Waals surface area contributed by atoms with E-state index in [0.29, 0.717) is 0 Å². The summed E-state index contributed by atoms with van der Waals surface area (Å²) < 4.78 is -0.0150. The van der Waals surface area contributed by atoms with Crippen LogP contribution in [0.1, 0.15) is 12.8 Å². The fraction of sp³-hybridized carbons (Fsp3) is 0.857. The third-order valence-electron chi connectivity index (χ3n) is 2.26. The summed E-state index contributed by atoms with van der Waals surface area (Å²) in [6.07, 6.45) is 1.68. The molecule has 0 radical (unpaired) electrons. The van der Waals surface area contributed by atoms with Crippen LogP contribution in [0.25, 0.3) is 0 Å². The molecule has 12 heavy (non-hydrogen) atoms. The molecule has 70 valence electrons. The molecule has 2 N–H and O–H groups in total. The van der Waals surface area contributed by atoms with Gasteiger partial charge in [0.2, 0.25) is 5.91 Å². The smallest absolute Gasteiger partial charge is 0.220 e. The summed E-state index contributed by atoms with van der Waals surface area (Å²) in [6, 6.07) is 0. The Morgan fingerprint density at radius 2 is 1.92 bits per heavy atom. The Bertz CT molecular complexity index is 167. The molecule has 1 aliphatic heterocycles. The second-order valence-corrected chi connectivity index (χ2v) is 4.44. The van der Waals surface area contributed by atoms with Crippen molar-refractivity contribution in [2.45, 2.75) is 17.5 Å². The molecule has 3 nitrogen and oxygen atoms in total. The second kappa shape index (κ2) is 4.39. The Morgan fingerprint density at radius 3 is 2.25 bits per heavy atom. The number of piperidine rings is 1. The number of nitrogens with zero attached hydrogens (tertiary/aromatic N) is 1. The average molecular weight is 206 g/mol. The highest BCUT2D eigenvalue weighted by atomic mass is 32.2. The molecule has 5 heteroatoms. The van der Waals surface area contributed by atoms with E-state index in [0.717, 1.165) is 25.9 Å². The van der Waals surface area contributed by atoms with Gasteiger partial charge in [0.15, 0.2) is 0 Å². The van der Waals surface area contributed by atoms with Crippen LogP contribution < -0.4 is 5.73 Å². The Kier molecular flexibility index (Phi) is 3.74. The minimum absolute atomic E-state index is 0.0150. The minimum Gasteiger partial charge on any atom is -0.369 e. The van der Waals surface area contributed by atoms with Gasteiger partial charge in [-0.05, 0) is 12.8 Å². The molecule has 1 aliphatic rings. The van der Waals surface area contributed by atoms with Gasteiger partial charge in [0.1, 0.15) is 0 Å². The third-order valence-corrected chi connectivity index (χ3v) is 2.91. The fourth-order valence-electron chi connectivity index (χ4n) is 1.41. The topological polar surface area (TPSA) is 46.3 Å².